The van der Waals surface area contributed by atoms with Gasteiger partial charge in [-0.1, -0.05) is 20.3 Å². The zero-order chi connectivity index (χ0) is 20.4. The molecule has 26 heavy (non-hydrogen) atoms. The van der Waals surface area contributed by atoms with E-state index in [1.165, 1.54) is 6.92 Å². The average molecular weight is 373 g/mol. The summed E-state index contributed by atoms with van der Waals surface area (Å²) in [4.78, 5) is 57.6. The van der Waals surface area contributed by atoms with Gasteiger partial charge in [-0.15, -0.1) is 0 Å². The monoisotopic (exact) mass is 373 g/mol. The number of aliphatic carboxylic acids is 1. The van der Waals surface area contributed by atoms with Gasteiger partial charge in [0.15, 0.2) is 0 Å². The SMILES string of the molecule is CCC(C)C(N)C(=O)NC(C)C(=O)NC(CC(N)=O)C(=O)NCC(=O)O. The van der Waals surface area contributed by atoms with E-state index in [0.29, 0.717) is 6.42 Å². The minimum absolute atomic E-state index is 0.0883. The normalized spacial score (nSPS) is 15.1. The molecule has 0 bridgehead atoms. The Hall–Kier alpha value is -2.69. The van der Waals surface area contributed by atoms with Crippen molar-refractivity contribution in [1.29, 1.82) is 0 Å². The lowest BCUT2D eigenvalue weighted by atomic mass is 9.99. The molecule has 0 radical (unpaired) electrons. The van der Waals surface area contributed by atoms with E-state index in [1.54, 1.807) is 6.92 Å². The Labute approximate surface area is 151 Å². The molecule has 8 N–H and O–H groups in total. The van der Waals surface area contributed by atoms with E-state index in [2.05, 4.69) is 10.6 Å². The molecule has 0 aromatic rings. The first-order valence-electron chi connectivity index (χ1n) is 8.13. The van der Waals surface area contributed by atoms with Crippen LogP contribution in [-0.2, 0) is 24.0 Å². The Balaban J connectivity index is 4.85. The lowest BCUT2D eigenvalue weighted by Gasteiger charge is -2.22. The molecule has 0 aromatic heterocycles. The fourth-order valence-corrected chi connectivity index (χ4v) is 1.88. The summed E-state index contributed by atoms with van der Waals surface area (Å²) >= 11 is 0. The van der Waals surface area contributed by atoms with Crippen LogP contribution in [-0.4, -0.2) is 59.4 Å². The molecule has 4 amide bonds. The van der Waals surface area contributed by atoms with Gasteiger partial charge in [-0.25, -0.2) is 0 Å². The third kappa shape index (κ3) is 8.42. The predicted molar refractivity (Wildman–Crippen MR) is 91.4 cm³/mol. The Kier molecular flexibility index (Phi) is 9.89. The smallest absolute Gasteiger partial charge is 0.322 e. The molecule has 0 fully saturated rings. The van der Waals surface area contributed by atoms with Crippen LogP contribution in [0.5, 0.6) is 0 Å². The first-order valence-corrected chi connectivity index (χ1v) is 8.13. The fourth-order valence-electron chi connectivity index (χ4n) is 1.88. The van der Waals surface area contributed by atoms with Gasteiger partial charge in [-0.05, 0) is 12.8 Å². The molecule has 0 saturated heterocycles. The summed E-state index contributed by atoms with van der Waals surface area (Å²) in [5.74, 6) is -4.39. The van der Waals surface area contributed by atoms with E-state index in [4.69, 9.17) is 16.6 Å². The lowest BCUT2D eigenvalue weighted by Crippen LogP contribution is -2.56. The lowest BCUT2D eigenvalue weighted by molar-refractivity contribution is -0.138. The first kappa shape index (κ1) is 23.3. The number of primary amides is 1. The number of nitrogens with two attached hydrogens (primary N) is 2. The van der Waals surface area contributed by atoms with Crippen LogP contribution in [0.4, 0.5) is 0 Å². The number of hydrogen-bond donors (Lipinski definition) is 6. The first-order chi connectivity index (χ1) is 12.0. The number of carboxylic acid groups (broad SMARTS) is 1. The molecule has 0 aromatic carbocycles. The fraction of sp³-hybridized carbons (Fsp3) is 0.667. The van der Waals surface area contributed by atoms with Gasteiger partial charge in [0.2, 0.25) is 23.6 Å². The molecule has 0 rings (SSSR count). The van der Waals surface area contributed by atoms with Gasteiger partial charge in [0.05, 0.1) is 12.5 Å². The predicted octanol–water partition coefficient (Wildman–Crippen LogP) is -2.57. The third-order valence-corrected chi connectivity index (χ3v) is 3.76. The van der Waals surface area contributed by atoms with E-state index in [-0.39, 0.29) is 5.92 Å². The van der Waals surface area contributed by atoms with Crippen molar-refractivity contribution in [2.24, 2.45) is 17.4 Å². The Morgan fingerprint density at radius 3 is 2.04 bits per heavy atom. The maximum Gasteiger partial charge on any atom is 0.322 e. The van der Waals surface area contributed by atoms with E-state index >= 15 is 0 Å². The Bertz CT molecular complexity index is 553. The average Bonchev–Trinajstić information content (AvgIpc) is 2.56. The summed E-state index contributed by atoms with van der Waals surface area (Å²) in [5.41, 5.74) is 10.8. The van der Waals surface area contributed by atoms with Gasteiger partial charge in [0, 0.05) is 0 Å². The molecular formula is C15H27N5O6. The van der Waals surface area contributed by atoms with Crippen molar-refractivity contribution in [2.45, 2.75) is 51.7 Å². The molecule has 0 saturated carbocycles. The number of hydrogen-bond acceptors (Lipinski definition) is 6. The molecule has 0 heterocycles. The zero-order valence-corrected chi connectivity index (χ0v) is 15.1. The molecular weight excluding hydrogens is 346 g/mol. The van der Waals surface area contributed by atoms with Gasteiger partial charge in [0.1, 0.15) is 18.6 Å². The van der Waals surface area contributed by atoms with Crippen molar-refractivity contribution in [3.8, 4) is 0 Å². The molecule has 0 aliphatic rings. The highest BCUT2D eigenvalue weighted by atomic mass is 16.4. The van der Waals surface area contributed by atoms with Crippen LogP contribution in [0.3, 0.4) is 0 Å². The largest absolute Gasteiger partial charge is 0.480 e. The molecule has 0 spiro atoms. The summed E-state index contributed by atoms with van der Waals surface area (Å²) in [5, 5.41) is 15.3. The quantitative estimate of drug-likeness (QED) is 0.229. The number of carbonyl (C=O) groups is 5. The number of amides is 4. The van der Waals surface area contributed by atoms with Crippen LogP contribution in [0.25, 0.3) is 0 Å². The van der Waals surface area contributed by atoms with Crippen LogP contribution < -0.4 is 27.4 Å². The second-order valence-electron chi connectivity index (χ2n) is 5.98. The maximum absolute atomic E-state index is 12.2. The summed E-state index contributed by atoms with van der Waals surface area (Å²) in [6.45, 7) is 4.37. The van der Waals surface area contributed by atoms with Crippen molar-refractivity contribution in [1.82, 2.24) is 16.0 Å². The van der Waals surface area contributed by atoms with Gasteiger partial charge >= 0.3 is 5.97 Å². The third-order valence-electron chi connectivity index (χ3n) is 3.76. The van der Waals surface area contributed by atoms with Crippen molar-refractivity contribution >= 4 is 29.6 Å². The number of carbonyl (C=O) groups excluding carboxylic acids is 4. The van der Waals surface area contributed by atoms with Gasteiger partial charge in [-0.3, -0.25) is 24.0 Å². The summed E-state index contributed by atoms with van der Waals surface area (Å²) < 4.78 is 0. The minimum Gasteiger partial charge on any atom is -0.480 e. The maximum atomic E-state index is 12.2. The van der Waals surface area contributed by atoms with Gasteiger partial charge in [-0.2, -0.15) is 0 Å². The topological polar surface area (TPSA) is 194 Å². The van der Waals surface area contributed by atoms with Crippen molar-refractivity contribution in [3.05, 3.63) is 0 Å². The second-order valence-corrected chi connectivity index (χ2v) is 5.98. The van der Waals surface area contributed by atoms with E-state index in [1.807, 2.05) is 12.2 Å². The molecule has 0 aliphatic carbocycles. The number of rotatable bonds is 11. The molecule has 11 nitrogen and oxygen atoms in total. The van der Waals surface area contributed by atoms with Gasteiger partial charge < -0.3 is 32.5 Å². The number of carboxylic acids is 1. The van der Waals surface area contributed by atoms with Crippen LogP contribution in [0.1, 0.15) is 33.6 Å². The molecule has 0 aliphatic heterocycles. The highest BCUT2D eigenvalue weighted by molar-refractivity contribution is 5.95. The molecule has 4 unspecified atom stereocenters. The highest BCUT2D eigenvalue weighted by Crippen LogP contribution is 2.05. The Morgan fingerprint density at radius 1 is 1.00 bits per heavy atom. The Morgan fingerprint density at radius 2 is 1.58 bits per heavy atom. The zero-order valence-electron chi connectivity index (χ0n) is 15.1. The van der Waals surface area contributed by atoms with Crippen LogP contribution in [0, 0.1) is 5.92 Å². The molecule has 11 heteroatoms. The van der Waals surface area contributed by atoms with Gasteiger partial charge in [0.25, 0.3) is 0 Å². The molecule has 4 atom stereocenters. The van der Waals surface area contributed by atoms with Crippen molar-refractivity contribution in [2.75, 3.05) is 6.54 Å². The number of nitrogens with one attached hydrogen (secondary N) is 3. The van der Waals surface area contributed by atoms with E-state index < -0.39 is 60.7 Å². The van der Waals surface area contributed by atoms with Crippen molar-refractivity contribution < 1.29 is 29.1 Å². The second kappa shape index (κ2) is 11.0. The van der Waals surface area contributed by atoms with E-state index in [9.17, 15) is 24.0 Å². The van der Waals surface area contributed by atoms with Crippen LogP contribution in [0.2, 0.25) is 0 Å². The highest BCUT2D eigenvalue weighted by Gasteiger charge is 2.27. The van der Waals surface area contributed by atoms with Crippen molar-refractivity contribution in [3.63, 3.8) is 0 Å². The molecule has 148 valence electrons. The minimum atomic E-state index is -1.36. The van der Waals surface area contributed by atoms with Crippen LogP contribution in [0.15, 0.2) is 0 Å². The summed E-state index contributed by atoms with van der Waals surface area (Å²) in [6.07, 6.45) is 0.157. The summed E-state index contributed by atoms with van der Waals surface area (Å²) in [7, 11) is 0. The van der Waals surface area contributed by atoms with E-state index in [0.717, 1.165) is 0 Å². The summed E-state index contributed by atoms with van der Waals surface area (Å²) in [6, 6.07) is -3.18. The standard InChI is InChI=1S/C15H27N5O6/c1-4-7(2)12(17)15(26)19-8(3)13(24)20-9(5-10(16)21)14(25)18-6-11(22)23/h7-9,12H,4-6,17H2,1-3H3,(H2,16,21)(H,18,25)(H,19,26)(H,20,24)(H,22,23). The van der Waals surface area contributed by atoms with Crippen LogP contribution >= 0.6 is 0 Å².